The van der Waals surface area contributed by atoms with Crippen LogP contribution in [0, 0.1) is 5.92 Å². The Kier molecular flexibility index (Phi) is 4.58. The van der Waals surface area contributed by atoms with Crippen molar-refractivity contribution in [3.8, 4) is 5.75 Å². The van der Waals surface area contributed by atoms with E-state index < -0.39 is 0 Å². The number of aliphatic hydroxyl groups is 1. The standard InChI is InChI=1S/C14H22N2O2/c1-18-13-4-2-3-11(7-13)8-16-6-5-12(9-16)14(15)10-17/h2-4,7,12,14,17H,5-6,8-10,15H2,1H3. The van der Waals surface area contributed by atoms with Crippen LogP contribution >= 0.6 is 0 Å². The average Bonchev–Trinajstić information content (AvgIpc) is 2.86. The topological polar surface area (TPSA) is 58.7 Å². The lowest BCUT2D eigenvalue weighted by Gasteiger charge is -2.19. The first-order valence-electron chi connectivity index (χ1n) is 6.44. The lowest BCUT2D eigenvalue weighted by atomic mass is 10.0. The second-order valence-corrected chi connectivity index (χ2v) is 4.98. The largest absolute Gasteiger partial charge is 0.497 e. The van der Waals surface area contributed by atoms with Crippen LogP contribution in [0.15, 0.2) is 24.3 Å². The normalized spacial score (nSPS) is 22.1. The van der Waals surface area contributed by atoms with Crippen LogP contribution in [0.2, 0.25) is 0 Å². The van der Waals surface area contributed by atoms with Gasteiger partial charge in [0.05, 0.1) is 13.7 Å². The molecule has 2 rings (SSSR count). The molecule has 0 aliphatic carbocycles. The molecule has 0 aromatic heterocycles. The summed E-state index contributed by atoms with van der Waals surface area (Å²) in [5.41, 5.74) is 7.14. The molecule has 1 aliphatic heterocycles. The third kappa shape index (κ3) is 3.22. The Balaban J connectivity index is 1.91. The summed E-state index contributed by atoms with van der Waals surface area (Å²) in [5, 5.41) is 9.08. The van der Waals surface area contributed by atoms with Crippen molar-refractivity contribution in [1.82, 2.24) is 4.90 Å². The molecule has 0 spiro atoms. The van der Waals surface area contributed by atoms with E-state index in [0.29, 0.717) is 5.92 Å². The molecule has 2 atom stereocenters. The Labute approximate surface area is 108 Å². The number of hydrogen-bond donors (Lipinski definition) is 2. The fourth-order valence-electron chi connectivity index (χ4n) is 2.53. The number of likely N-dealkylation sites (tertiary alicyclic amines) is 1. The zero-order valence-electron chi connectivity index (χ0n) is 10.9. The lowest BCUT2D eigenvalue weighted by molar-refractivity contribution is 0.221. The van der Waals surface area contributed by atoms with Gasteiger partial charge in [-0.15, -0.1) is 0 Å². The van der Waals surface area contributed by atoms with E-state index in [1.807, 2.05) is 12.1 Å². The van der Waals surface area contributed by atoms with Crippen LogP contribution in [0.25, 0.3) is 0 Å². The number of rotatable bonds is 5. The van der Waals surface area contributed by atoms with Crippen LogP contribution in [0.4, 0.5) is 0 Å². The Morgan fingerprint density at radius 3 is 3.11 bits per heavy atom. The highest BCUT2D eigenvalue weighted by atomic mass is 16.5. The molecular weight excluding hydrogens is 228 g/mol. The lowest BCUT2D eigenvalue weighted by Crippen LogP contribution is -2.35. The van der Waals surface area contributed by atoms with E-state index in [1.165, 1.54) is 5.56 Å². The molecule has 4 heteroatoms. The Hall–Kier alpha value is -1.10. The fraction of sp³-hybridized carbons (Fsp3) is 0.571. The molecule has 1 heterocycles. The third-order valence-electron chi connectivity index (χ3n) is 3.67. The molecule has 0 radical (unpaired) electrons. The van der Waals surface area contributed by atoms with Crippen molar-refractivity contribution in [2.24, 2.45) is 11.7 Å². The highest BCUT2D eigenvalue weighted by Gasteiger charge is 2.26. The predicted molar refractivity (Wildman–Crippen MR) is 71.4 cm³/mol. The van der Waals surface area contributed by atoms with Gasteiger partial charge in [-0.05, 0) is 36.6 Å². The minimum absolute atomic E-state index is 0.0810. The first-order valence-corrected chi connectivity index (χ1v) is 6.44. The highest BCUT2D eigenvalue weighted by Crippen LogP contribution is 2.22. The van der Waals surface area contributed by atoms with Gasteiger partial charge in [-0.25, -0.2) is 0 Å². The van der Waals surface area contributed by atoms with Crippen LogP contribution in [0.3, 0.4) is 0 Å². The smallest absolute Gasteiger partial charge is 0.119 e. The minimum atomic E-state index is -0.0830. The molecule has 4 nitrogen and oxygen atoms in total. The maximum atomic E-state index is 9.08. The number of aliphatic hydroxyl groups excluding tert-OH is 1. The van der Waals surface area contributed by atoms with E-state index in [4.69, 9.17) is 15.6 Å². The van der Waals surface area contributed by atoms with Crippen molar-refractivity contribution in [3.05, 3.63) is 29.8 Å². The van der Waals surface area contributed by atoms with Crippen LogP contribution in [0.5, 0.6) is 5.75 Å². The van der Waals surface area contributed by atoms with Crippen LogP contribution in [0.1, 0.15) is 12.0 Å². The molecule has 0 saturated carbocycles. The van der Waals surface area contributed by atoms with Gasteiger partial charge in [-0.2, -0.15) is 0 Å². The van der Waals surface area contributed by atoms with Crippen molar-refractivity contribution in [1.29, 1.82) is 0 Å². The fourth-order valence-corrected chi connectivity index (χ4v) is 2.53. The Morgan fingerprint density at radius 1 is 1.56 bits per heavy atom. The van der Waals surface area contributed by atoms with Crippen LogP contribution in [-0.4, -0.2) is 42.9 Å². The summed E-state index contributed by atoms with van der Waals surface area (Å²) >= 11 is 0. The predicted octanol–water partition coefficient (Wildman–Crippen LogP) is 0.837. The molecule has 1 saturated heterocycles. The summed E-state index contributed by atoms with van der Waals surface area (Å²) in [5.74, 6) is 1.32. The molecule has 3 N–H and O–H groups in total. The van der Waals surface area contributed by atoms with Crippen LogP contribution < -0.4 is 10.5 Å². The molecular formula is C14H22N2O2. The summed E-state index contributed by atoms with van der Waals surface area (Å²) in [6.07, 6.45) is 1.08. The maximum Gasteiger partial charge on any atom is 0.119 e. The van der Waals surface area contributed by atoms with Gasteiger partial charge in [0.1, 0.15) is 5.75 Å². The molecule has 100 valence electrons. The number of nitrogens with two attached hydrogens (primary N) is 1. The zero-order valence-corrected chi connectivity index (χ0v) is 10.9. The summed E-state index contributed by atoms with van der Waals surface area (Å²) in [7, 11) is 1.69. The van der Waals surface area contributed by atoms with Gasteiger partial charge in [0.2, 0.25) is 0 Å². The van der Waals surface area contributed by atoms with Gasteiger partial charge in [-0.3, -0.25) is 4.90 Å². The Bertz CT molecular complexity index is 384. The molecule has 1 fully saturated rings. The van der Waals surface area contributed by atoms with E-state index in [2.05, 4.69) is 17.0 Å². The van der Waals surface area contributed by atoms with Gasteiger partial charge in [0.15, 0.2) is 0 Å². The highest BCUT2D eigenvalue weighted by molar-refractivity contribution is 5.28. The van der Waals surface area contributed by atoms with Crippen molar-refractivity contribution < 1.29 is 9.84 Å². The van der Waals surface area contributed by atoms with Gasteiger partial charge >= 0.3 is 0 Å². The quantitative estimate of drug-likeness (QED) is 0.813. The van der Waals surface area contributed by atoms with Crippen molar-refractivity contribution in [2.75, 3.05) is 26.8 Å². The number of benzene rings is 1. The summed E-state index contributed by atoms with van der Waals surface area (Å²) in [6.45, 7) is 3.03. The first kappa shape index (κ1) is 13.3. The molecule has 1 aromatic carbocycles. The van der Waals surface area contributed by atoms with Gasteiger partial charge in [0.25, 0.3) is 0 Å². The molecule has 0 bridgehead atoms. The minimum Gasteiger partial charge on any atom is -0.497 e. The van der Waals surface area contributed by atoms with Gasteiger partial charge < -0.3 is 15.6 Å². The molecule has 1 aromatic rings. The van der Waals surface area contributed by atoms with Crippen molar-refractivity contribution >= 4 is 0 Å². The summed E-state index contributed by atoms with van der Waals surface area (Å²) in [6, 6.07) is 8.07. The summed E-state index contributed by atoms with van der Waals surface area (Å²) < 4.78 is 5.22. The van der Waals surface area contributed by atoms with Crippen molar-refractivity contribution in [3.63, 3.8) is 0 Å². The van der Waals surface area contributed by atoms with E-state index in [0.717, 1.165) is 31.8 Å². The summed E-state index contributed by atoms with van der Waals surface area (Å²) in [4.78, 5) is 2.38. The van der Waals surface area contributed by atoms with Gasteiger partial charge in [0, 0.05) is 19.1 Å². The van der Waals surface area contributed by atoms with E-state index in [-0.39, 0.29) is 12.6 Å². The van der Waals surface area contributed by atoms with E-state index in [9.17, 15) is 0 Å². The second kappa shape index (κ2) is 6.18. The van der Waals surface area contributed by atoms with Gasteiger partial charge in [-0.1, -0.05) is 12.1 Å². The molecule has 1 aliphatic rings. The molecule has 0 amide bonds. The van der Waals surface area contributed by atoms with Crippen LogP contribution in [-0.2, 0) is 6.54 Å². The maximum absolute atomic E-state index is 9.08. The first-order chi connectivity index (χ1) is 8.72. The number of hydrogen-bond acceptors (Lipinski definition) is 4. The monoisotopic (exact) mass is 250 g/mol. The number of ether oxygens (including phenoxy) is 1. The Morgan fingerprint density at radius 2 is 2.39 bits per heavy atom. The van der Waals surface area contributed by atoms with E-state index >= 15 is 0 Å². The number of nitrogens with zero attached hydrogens (tertiary/aromatic N) is 1. The zero-order chi connectivity index (χ0) is 13.0. The molecule has 18 heavy (non-hydrogen) atoms. The number of methoxy groups -OCH3 is 1. The molecule has 2 unspecified atom stereocenters. The van der Waals surface area contributed by atoms with E-state index in [1.54, 1.807) is 7.11 Å². The average molecular weight is 250 g/mol. The SMILES string of the molecule is COc1cccc(CN2CCC(C(N)CO)C2)c1. The van der Waals surface area contributed by atoms with Crippen molar-refractivity contribution in [2.45, 2.75) is 19.0 Å². The third-order valence-corrected chi connectivity index (χ3v) is 3.67. The second-order valence-electron chi connectivity index (χ2n) is 4.98.